The Balaban J connectivity index is 1.76. The third-order valence-corrected chi connectivity index (χ3v) is 5.15. The van der Waals surface area contributed by atoms with Crippen LogP contribution in [0.1, 0.15) is 66.1 Å². The van der Waals surface area contributed by atoms with E-state index in [1.54, 1.807) is 38.1 Å². The van der Waals surface area contributed by atoms with Gasteiger partial charge < -0.3 is 4.90 Å². The lowest BCUT2D eigenvalue weighted by Gasteiger charge is -2.22. The highest BCUT2D eigenvalue weighted by Crippen LogP contribution is 2.35. The Kier molecular flexibility index (Phi) is 4.59. The molecular formula is C19H21F3N6O. The van der Waals surface area contributed by atoms with E-state index in [4.69, 9.17) is 0 Å². The van der Waals surface area contributed by atoms with Gasteiger partial charge in [0.1, 0.15) is 5.69 Å². The lowest BCUT2D eigenvalue weighted by molar-refractivity contribution is -0.142. The monoisotopic (exact) mass is 406 g/mol. The average molecular weight is 406 g/mol. The number of carbonyl (C=O) groups is 1. The van der Waals surface area contributed by atoms with Gasteiger partial charge in [-0.1, -0.05) is 13.8 Å². The fourth-order valence-corrected chi connectivity index (χ4v) is 3.69. The van der Waals surface area contributed by atoms with Crippen molar-refractivity contribution in [2.24, 2.45) is 7.05 Å². The van der Waals surface area contributed by atoms with Gasteiger partial charge in [-0.05, 0) is 24.8 Å². The van der Waals surface area contributed by atoms with E-state index in [1.165, 1.54) is 10.9 Å². The van der Waals surface area contributed by atoms with Crippen LogP contribution in [-0.4, -0.2) is 41.7 Å². The number of amides is 1. The van der Waals surface area contributed by atoms with Gasteiger partial charge in [0.15, 0.2) is 5.65 Å². The Hall–Kier alpha value is -2.91. The van der Waals surface area contributed by atoms with E-state index in [0.717, 1.165) is 17.0 Å². The molecule has 4 rings (SSSR count). The van der Waals surface area contributed by atoms with Crippen molar-refractivity contribution < 1.29 is 18.0 Å². The quantitative estimate of drug-likeness (QED) is 0.667. The fraction of sp³-hybridized carbons (Fsp3) is 0.474. The molecule has 0 spiro atoms. The van der Waals surface area contributed by atoms with Gasteiger partial charge >= 0.3 is 6.18 Å². The predicted octanol–water partition coefficient (Wildman–Crippen LogP) is 3.58. The molecule has 1 amide bonds. The standard InChI is InChI=1S/C19H21F3N6O/c1-11(2)13-7-16(19(20,21)22)28-17(24-13)8-14(25-28)15-5-4-6-27(15)18(29)12-9-23-26(3)10-12/h7-11,15H,4-6H2,1-3H3/t15-/m0/s1. The first-order chi connectivity index (χ1) is 13.6. The highest BCUT2D eigenvalue weighted by molar-refractivity contribution is 5.94. The van der Waals surface area contributed by atoms with Crippen LogP contribution in [0.3, 0.4) is 0 Å². The summed E-state index contributed by atoms with van der Waals surface area (Å²) in [6, 6.07) is 2.20. The van der Waals surface area contributed by atoms with Crippen LogP contribution in [0.4, 0.5) is 13.2 Å². The third kappa shape index (κ3) is 3.47. The summed E-state index contributed by atoms with van der Waals surface area (Å²) in [5.41, 5.74) is 0.490. The van der Waals surface area contributed by atoms with E-state index < -0.39 is 17.9 Å². The second-order valence-electron chi connectivity index (χ2n) is 7.62. The van der Waals surface area contributed by atoms with Crippen molar-refractivity contribution in [2.75, 3.05) is 6.54 Å². The second kappa shape index (κ2) is 6.85. The Labute approximate surface area is 165 Å². The van der Waals surface area contributed by atoms with Crippen molar-refractivity contribution in [1.29, 1.82) is 0 Å². The summed E-state index contributed by atoms with van der Waals surface area (Å²) < 4.78 is 43.2. The Morgan fingerprint density at radius 1 is 1.28 bits per heavy atom. The molecule has 0 unspecified atom stereocenters. The van der Waals surface area contributed by atoms with Gasteiger partial charge in [0.2, 0.25) is 0 Å². The number of hydrogen-bond donors (Lipinski definition) is 0. The first-order valence-corrected chi connectivity index (χ1v) is 9.42. The van der Waals surface area contributed by atoms with E-state index in [-0.39, 0.29) is 17.5 Å². The minimum absolute atomic E-state index is 0.138. The molecule has 154 valence electrons. The molecule has 1 saturated heterocycles. The normalized spacial score (nSPS) is 17.6. The molecule has 1 aliphatic rings. The maximum Gasteiger partial charge on any atom is 0.433 e. The Morgan fingerprint density at radius 2 is 2.03 bits per heavy atom. The molecule has 1 aliphatic heterocycles. The summed E-state index contributed by atoms with van der Waals surface area (Å²) in [6.45, 7) is 4.10. The largest absolute Gasteiger partial charge is 0.433 e. The van der Waals surface area contributed by atoms with Crippen molar-refractivity contribution >= 4 is 11.6 Å². The number of rotatable bonds is 3. The molecule has 0 radical (unpaired) electrons. The average Bonchev–Trinajstić information content (AvgIpc) is 3.37. The number of hydrogen-bond acceptors (Lipinski definition) is 4. The van der Waals surface area contributed by atoms with Crippen LogP contribution < -0.4 is 0 Å². The summed E-state index contributed by atoms with van der Waals surface area (Å²) in [5.74, 6) is -0.362. The molecule has 29 heavy (non-hydrogen) atoms. The summed E-state index contributed by atoms with van der Waals surface area (Å²) >= 11 is 0. The van der Waals surface area contributed by atoms with Crippen LogP contribution in [0.5, 0.6) is 0 Å². The molecule has 1 fully saturated rings. The van der Waals surface area contributed by atoms with Gasteiger partial charge in [-0.25, -0.2) is 9.50 Å². The molecule has 10 heteroatoms. The molecule has 3 aromatic heterocycles. The van der Waals surface area contributed by atoms with Crippen molar-refractivity contribution in [3.8, 4) is 0 Å². The fourth-order valence-electron chi connectivity index (χ4n) is 3.69. The van der Waals surface area contributed by atoms with Gasteiger partial charge in [0.05, 0.1) is 23.5 Å². The van der Waals surface area contributed by atoms with Crippen molar-refractivity contribution in [3.05, 3.63) is 47.2 Å². The number of nitrogens with zero attached hydrogens (tertiary/aromatic N) is 6. The molecule has 0 bridgehead atoms. The minimum Gasteiger partial charge on any atom is -0.330 e. The first-order valence-electron chi connectivity index (χ1n) is 9.42. The van der Waals surface area contributed by atoms with Gasteiger partial charge in [0.25, 0.3) is 5.91 Å². The highest BCUT2D eigenvalue weighted by Gasteiger charge is 2.37. The number of fused-ring (bicyclic) bond motifs is 1. The summed E-state index contributed by atoms with van der Waals surface area (Å²) in [4.78, 5) is 18.9. The van der Waals surface area contributed by atoms with E-state index >= 15 is 0 Å². The smallest absolute Gasteiger partial charge is 0.330 e. The van der Waals surface area contributed by atoms with Crippen LogP contribution in [0.15, 0.2) is 24.5 Å². The number of carbonyl (C=O) groups excluding carboxylic acids is 1. The number of aryl methyl sites for hydroxylation is 1. The zero-order chi connectivity index (χ0) is 20.9. The van der Waals surface area contributed by atoms with E-state index in [2.05, 4.69) is 15.2 Å². The van der Waals surface area contributed by atoms with Crippen LogP contribution in [0.2, 0.25) is 0 Å². The number of alkyl halides is 3. The lowest BCUT2D eigenvalue weighted by Crippen LogP contribution is -2.30. The van der Waals surface area contributed by atoms with E-state index in [0.29, 0.717) is 29.9 Å². The van der Waals surface area contributed by atoms with Crippen molar-refractivity contribution in [3.63, 3.8) is 0 Å². The molecule has 4 heterocycles. The van der Waals surface area contributed by atoms with Crippen molar-refractivity contribution in [2.45, 2.75) is 44.8 Å². The Bertz CT molecular complexity index is 1070. The zero-order valence-electron chi connectivity index (χ0n) is 16.3. The number of likely N-dealkylation sites (tertiary alicyclic amines) is 1. The van der Waals surface area contributed by atoms with Crippen LogP contribution >= 0.6 is 0 Å². The Morgan fingerprint density at radius 3 is 2.66 bits per heavy atom. The van der Waals surface area contributed by atoms with Crippen molar-refractivity contribution in [1.82, 2.24) is 29.3 Å². The highest BCUT2D eigenvalue weighted by atomic mass is 19.4. The summed E-state index contributed by atoms with van der Waals surface area (Å²) in [7, 11) is 1.72. The summed E-state index contributed by atoms with van der Waals surface area (Å²) in [5, 5.41) is 8.23. The number of halogens is 3. The summed E-state index contributed by atoms with van der Waals surface area (Å²) in [6.07, 6.45) is -0.0656. The molecule has 0 N–H and O–H groups in total. The first kappa shape index (κ1) is 19.4. The number of aromatic nitrogens is 5. The maximum atomic E-state index is 13.6. The van der Waals surface area contributed by atoms with Crippen LogP contribution in [-0.2, 0) is 13.2 Å². The van der Waals surface area contributed by atoms with Gasteiger partial charge in [-0.3, -0.25) is 9.48 Å². The van der Waals surface area contributed by atoms with E-state index in [1.807, 2.05) is 0 Å². The van der Waals surface area contributed by atoms with Gasteiger partial charge in [-0.2, -0.15) is 23.4 Å². The molecule has 0 aromatic carbocycles. The van der Waals surface area contributed by atoms with Gasteiger partial charge in [0, 0.05) is 31.5 Å². The SMILES string of the molecule is CC(C)c1cc(C(F)(F)F)n2nc([C@@H]3CCCN3C(=O)c3cnn(C)c3)cc2n1. The molecule has 0 aliphatic carbocycles. The molecule has 3 aromatic rings. The molecule has 0 saturated carbocycles. The molecule has 7 nitrogen and oxygen atoms in total. The predicted molar refractivity (Wildman–Crippen MR) is 98.3 cm³/mol. The van der Waals surface area contributed by atoms with E-state index in [9.17, 15) is 18.0 Å². The maximum absolute atomic E-state index is 13.6. The molecular weight excluding hydrogens is 385 g/mol. The third-order valence-electron chi connectivity index (χ3n) is 5.15. The van der Waals surface area contributed by atoms with Crippen LogP contribution in [0, 0.1) is 0 Å². The second-order valence-corrected chi connectivity index (χ2v) is 7.62. The minimum atomic E-state index is -4.56. The molecule has 1 atom stereocenters. The lowest BCUT2D eigenvalue weighted by atomic mass is 10.1. The van der Waals surface area contributed by atoms with Gasteiger partial charge in [-0.15, -0.1) is 0 Å². The topological polar surface area (TPSA) is 68.3 Å². The van der Waals surface area contributed by atoms with Crippen LogP contribution in [0.25, 0.3) is 5.65 Å². The zero-order valence-corrected chi connectivity index (χ0v) is 16.3.